The average molecular weight is 182 g/mol. The molecule has 2 heterocycles. The third kappa shape index (κ3) is 1.71. The van der Waals surface area contributed by atoms with Crippen LogP contribution < -0.4 is 5.32 Å². The molecule has 1 aromatic heterocycles. The van der Waals surface area contributed by atoms with Gasteiger partial charge in [0.15, 0.2) is 0 Å². The van der Waals surface area contributed by atoms with E-state index in [1.165, 1.54) is 6.33 Å². The van der Waals surface area contributed by atoms with Gasteiger partial charge < -0.3 is 10.4 Å². The molecule has 0 amide bonds. The van der Waals surface area contributed by atoms with Crippen LogP contribution in [0.4, 0.5) is 0 Å². The van der Waals surface area contributed by atoms with Gasteiger partial charge in [-0.25, -0.2) is 4.98 Å². The topological polar surface area (TPSA) is 63.0 Å². The Balaban J connectivity index is 2.09. The monoisotopic (exact) mass is 182 g/mol. The normalized spacial score (nSPS) is 28.2. The first-order chi connectivity index (χ1) is 6.20. The van der Waals surface area contributed by atoms with E-state index in [1.54, 1.807) is 4.68 Å². The van der Waals surface area contributed by atoms with Gasteiger partial charge in [-0.15, -0.1) is 0 Å². The molecule has 1 unspecified atom stereocenters. The van der Waals surface area contributed by atoms with Crippen LogP contribution in [0, 0.1) is 0 Å². The second kappa shape index (κ2) is 3.08. The summed E-state index contributed by atoms with van der Waals surface area (Å²) in [4.78, 5) is 4.09. The summed E-state index contributed by atoms with van der Waals surface area (Å²) in [5.41, 5.74) is -0.624. The highest BCUT2D eigenvalue weighted by Gasteiger charge is 2.32. The molecule has 1 aromatic rings. The molecule has 5 heteroatoms. The molecule has 1 saturated heterocycles. The predicted octanol–water partition coefficient (Wildman–Crippen LogP) is -0.918. The first-order valence-electron chi connectivity index (χ1n) is 4.46. The van der Waals surface area contributed by atoms with Crippen molar-refractivity contribution in [1.82, 2.24) is 20.1 Å². The van der Waals surface area contributed by atoms with Gasteiger partial charge in [0.05, 0.1) is 5.60 Å². The fourth-order valence-corrected chi connectivity index (χ4v) is 1.66. The molecule has 2 rings (SSSR count). The standard InChI is InChI=1S/C8H14N4O/c1-12-7(10-6-11-12)4-8(13)2-3-9-5-8/h6,9,13H,2-5H2,1H3. The highest BCUT2D eigenvalue weighted by atomic mass is 16.3. The lowest BCUT2D eigenvalue weighted by atomic mass is 9.99. The molecule has 72 valence electrons. The van der Waals surface area contributed by atoms with Gasteiger partial charge in [0.25, 0.3) is 0 Å². The van der Waals surface area contributed by atoms with Crippen molar-refractivity contribution in [2.45, 2.75) is 18.4 Å². The van der Waals surface area contributed by atoms with E-state index in [4.69, 9.17) is 0 Å². The molecule has 0 aromatic carbocycles. The van der Waals surface area contributed by atoms with Gasteiger partial charge in [0.1, 0.15) is 12.2 Å². The number of hydrogen-bond acceptors (Lipinski definition) is 4. The number of nitrogens with one attached hydrogen (secondary N) is 1. The van der Waals surface area contributed by atoms with Gasteiger partial charge in [-0.3, -0.25) is 4.68 Å². The maximum absolute atomic E-state index is 10.0. The summed E-state index contributed by atoms with van der Waals surface area (Å²) in [7, 11) is 1.84. The number of aryl methyl sites for hydroxylation is 1. The Bertz CT molecular complexity index is 290. The molecule has 1 fully saturated rings. The summed E-state index contributed by atoms with van der Waals surface area (Å²) < 4.78 is 1.70. The Morgan fingerprint density at radius 2 is 2.62 bits per heavy atom. The molecule has 0 saturated carbocycles. The van der Waals surface area contributed by atoms with Crippen LogP contribution in [0.15, 0.2) is 6.33 Å². The highest BCUT2D eigenvalue weighted by Crippen LogP contribution is 2.18. The number of rotatable bonds is 2. The summed E-state index contributed by atoms with van der Waals surface area (Å²) in [5.74, 6) is 0.839. The minimum atomic E-state index is -0.624. The maximum atomic E-state index is 10.0. The van der Waals surface area contributed by atoms with Gasteiger partial charge in [-0.1, -0.05) is 0 Å². The molecule has 1 atom stereocenters. The Hall–Kier alpha value is -0.940. The Morgan fingerprint density at radius 3 is 3.15 bits per heavy atom. The SMILES string of the molecule is Cn1ncnc1CC1(O)CCNC1. The Morgan fingerprint density at radius 1 is 1.77 bits per heavy atom. The molecule has 0 bridgehead atoms. The molecule has 2 N–H and O–H groups in total. The molecular formula is C8H14N4O. The number of aromatic nitrogens is 3. The van der Waals surface area contributed by atoms with Crippen LogP contribution in [-0.2, 0) is 13.5 Å². The lowest BCUT2D eigenvalue weighted by molar-refractivity contribution is 0.0589. The quantitative estimate of drug-likeness (QED) is 0.621. The Kier molecular flexibility index (Phi) is 2.05. The zero-order valence-corrected chi connectivity index (χ0v) is 7.69. The van der Waals surface area contributed by atoms with E-state index in [0.717, 1.165) is 18.8 Å². The zero-order valence-electron chi connectivity index (χ0n) is 7.69. The lowest BCUT2D eigenvalue weighted by Crippen LogP contribution is -2.34. The van der Waals surface area contributed by atoms with Gasteiger partial charge in [-0.05, 0) is 13.0 Å². The van der Waals surface area contributed by atoms with E-state index in [0.29, 0.717) is 13.0 Å². The van der Waals surface area contributed by atoms with Crippen LogP contribution in [0.25, 0.3) is 0 Å². The van der Waals surface area contributed by atoms with Gasteiger partial charge in [0, 0.05) is 20.0 Å². The molecule has 13 heavy (non-hydrogen) atoms. The van der Waals surface area contributed by atoms with Crippen LogP contribution in [0.2, 0.25) is 0 Å². The van der Waals surface area contributed by atoms with Crippen LogP contribution in [-0.4, -0.2) is 38.6 Å². The smallest absolute Gasteiger partial charge is 0.138 e. The second-order valence-corrected chi connectivity index (χ2v) is 3.63. The van der Waals surface area contributed by atoms with E-state index in [-0.39, 0.29) is 0 Å². The number of aliphatic hydroxyl groups is 1. The molecule has 1 aliphatic heterocycles. The van der Waals surface area contributed by atoms with Crippen molar-refractivity contribution >= 4 is 0 Å². The third-order valence-corrected chi connectivity index (χ3v) is 2.51. The largest absolute Gasteiger partial charge is 0.388 e. The average Bonchev–Trinajstić information content (AvgIpc) is 2.64. The van der Waals surface area contributed by atoms with E-state index in [9.17, 15) is 5.11 Å². The fraction of sp³-hybridized carbons (Fsp3) is 0.750. The van der Waals surface area contributed by atoms with Crippen LogP contribution in [0.3, 0.4) is 0 Å². The zero-order chi connectivity index (χ0) is 9.31. The van der Waals surface area contributed by atoms with Crippen molar-refractivity contribution in [2.75, 3.05) is 13.1 Å². The minimum Gasteiger partial charge on any atom is -0.388 e. The third-order valence-electron chi connectivity index (χ3n) is 2.51. The molecule has 0 spiro atoms. The molecule has 0 radical (unpaired) electrons. The maximum Gasteiger partial charge on any atom is 0.138 e. The molecular weight excluding hydrogens is 168 g/mol. The summed E-state index contributed by atoms with van der Waals surface area (Å²) in [5, 5.41) is 17.1. The molecule has 0 aliphatic carbocycles. The van der Waals surface area contributed by atoms with Gasteiger partial charge in [0.2, 0.25) is 0 Å². The van der Waals surface area contributed by atoms with Crippen molar-refractivity contribution in [3.8, 4) is 0 Å². The van der Waals surface area contributed by atoms with Gasteiger partial charge in [-0.2, -0.15) is 5.10 Å². The van der Waals surface area contributed by atoms with Crippen LogP contribution >= 0.6 is 0 Å². The van der Waals surface area contributed by atoms with Crippen molar-refractivity contribution in [3.05, 3.63) is 12.2 Å². The minimum absolute atomic E-state index is 0.580. The van der Waals surface area contributed by atoms with E-state index in [2.05, 4.69) is 15.4 Å². The molecule has 1 aliphatic rings. The number of nitrogens with zero attached hydrogens (tertiary/aromatic N) is 3. The number of β-amino-alcohol motifs (C(OH)–C–C–N with tert-alkyl or cyclic N) is 1. The van der Waals surface area contributed by atoms with Crippen molar-refractivity contribution in [3.63, 3.8) is 0 Å². The van der Waals surface area contributed by atoms with Gasteiger partial charge >= 0.3 is 0 Å². The van der Waals surface area contributed by atoms with Crippen LogP contribution in [0.5, 0.6) is 0 Å². The van der Waals surface area contributed by atoms with Crippen molar-refractivity contribution in [1.29, 1.82) is 0 Å². The fourth-order valence-electron chi connectivity index (χ4n) is 1.66. The summed E-state index contributed by atoms with van der Waals surface area (Å²) in [6.07, 6.45) is 2.89. The molecule has 5 nitrogen and oxygen atoms in total. The Labute approximate surface area is 76.8 Å². The van der Waals surface area contributed by atoms with E-state index in [1.807, 2.05) is 7.05 Å². The first-order valence-corrected chi connectivity index (χ1v) is 4.46. The van der Waals surface area contributed by atoms with E-state index >= 15 is 0 Å². The first kappa shape index (κ1) is 8.65. The number of hydrogen-bond donors (Lipinski definition) is 2. The summed E-state index contributed by atoms with van der Waals surface area (Å²) in [6, 6.07) is 0. The summed E-state index contributed by atoms with van der Waals surface area (Å²) in [6.45, 7) is 1.54. The van der Waals surface area contributed by atoms with Crippen molar-refractivity contribution < 1.29 is 5.11 Å². The lowest BCUT2D eigenvalue weighted by Gasteiger charge is -2.19. The van der Waals surface area contributed by atoms with Crippen LogP contribution in [0.1, 0.15) is 12.2 Å². The second-order valence-electron chi connectivity index (χ2n) is 3.63. The highest BCUT2D eigenvalue weighted by molar-refractivity contribution is 4.98. The van der Waals surface area contributed by atoms with Crippen molar-refractivity contribution in [2.24, 2.45) is 7.05 Å². The van der Waals surface area contributed by atoms with E-state index < -0.39 is 5.60 Å². The summed E-state index contributed by atoms with van der Waals surface area (Å²) >= 11 is 0. The predicted molar refractivity (Wildman–Crippen MR) is 47.1 cm³/mol.